The molecule has 0 saturated heterocycles. The largest absolute Gasteiger partial charge is 0.324 e. The molecule has 0 heterocycles. The van der Waals surface area contributed by atoms with Crippen LogP contribution in [0.15, 0.2) is 18.2 Å². The van der Waals surface area contributed by atoms with E-state index in [1.54, 1.807) is 18.2 Å². The number of hydrogen-bond donors (Lipinski definition) is 1. The van der Waals surface area contributed by atoms with Crippen molar-refractivity contribution < 1.29 is 4.79 Å². The van der Waals surface area contributed by atoms with Crippen LogP contribution in [0.5, 0.6) is 0 Å². The van der Waals surface area contributed by atoms with Gasteiger partial charge in [-0.15, -0.1) is 6.42 Å². The van der Waals surface area contributed by atoms with Gasteiger partial charge in [0.1, 0.15) is 0 Å². The number of hydrogen-bond acceptors (Lipinski definition) is 1. The Morgan fingerprint density at radius 2 is 2.36 bits per heavy atom. The van der Waals surface area contributed by atoms with Crippen molar-refractivity contribution in [2.75, 3.05) is 5.32 Å². The lowest BCUT2D eigenvalue weighted by Crippen LogP contribution is -2.10. The maximum Gasteiger partial charge on any atom is 0.236 e. The quantitative estimate of drug-likeness (QED) is 0.659. The topological polar surface area (TPSA) is 29.1 Å². The summed E-state index contributed by atoms with van der Waals surface area (Å²) in [6.07, 6.45) is 5.09. The van der Waals surface area contributed by atoms with Crippen LogP contribution >= 0.6 is 34.2 Å². The lowest BCUT2D eigenvalue weighted by Gasteiger charge is -2.05. The van der Waals surface area contributed by atoms with Gasteiger partial charge in [0.25, 0.3) is 0 Å². The van der Waals surface area contributed by atoms with E-state index in [0.717, 1.165) is 9.26 Å². The predicted octanol–water partition coefficient (Wildman–Crippen LogP) is 2.91. The number of benzene rings is 1. The van der Waals surface area contributed by atoms with Gasteiger partial charge in [0.2, 0.25) is 5.91 Å². The van der Waals surface area contributed by atoms with Crippen LogP contribution in [-0.2, 0) is 4.79 Å². The molecule has 2 nitrogen and oxygen atoms in total. The summed E-state index contributed by atoms with van der Waals surface area (Å²) < 4.78 is 0.889. The molecule has 0 aliphatic carbocycles. The van der Waals surface area contributed by atoms with Gasteiger partial charge in [-0.05, 0) is 40.8 Å². The minimum atomic E-state index is -0.187. The summed E-state index contributed by atoms with van der Waals surface area (Å²) in [7, 11) is 0. The van der Waals surface area contributed by atoms with Gasteiger partial charge in [-0.3, -0.25) is 4.79 Å². The number of rotatable bonds is 2. The Hall–Kier alpha value is -0.730. The van der Waals surface area contributed by atoms with E-state index in [1.807, 2.05) is 0 Å². The Kier molecular flexibility index (Phi) is 4.23. The van der Waals surface area contributed by atoms with Gasteiger partial charge in [-0.25, -0.2) is 0 Å². The number of amides is 1. The third-order valence-electron chi connectivity index (χ3n) is 1.47. The van der Waals surface area contributed by atoms with Crippen molar-refractivity contribution in [1.82, 2.24) is 0 Å². The van der Waals surface area contributed by atoms with Crippen LogP contribution in [-0.4, -0.2) is 5.91 Å². The first-order valence-electron chi connectivity index (χ1n) is 3.82. The van der Waals surface area contributed by atoms with Crippen molar-refractivity contribution in [1.29, 1.82) is 0 Å². The summed E-state index contributed by atoms with van der Waals surface area (Å²) in [6.45, 7) is 0. The van der Waals surface area contributed by atoms with Crippen molar-refractivity contribution >= 4 is 45.8 Å². The highest BCUT2D eigenvalue weighted by Crippen LogP contribution is 2.22. The lowest BCUT2D eigenvalue weighted by molar-refractivity contribution is -0.115. The van der Waals surface area contributed by atoms with Crippen molar-refractivity contribution in [2.45, 2.75) is 6.42 Å². The highest BCUT2D eigenvalue weighted by molar-refractivity contribution is 14.1. The molecular formula is C10H7ClINO. The maximum absolute atomic E-state index is 11.2. The molecule has 4 heteroatoms. The number of anilines is 1. The molecule has 1 rings (SSSR count). The molecule has 72 valence electrons. The van der Waals surface area contributed by atoms with E-state index in [9.17, 15) is 4.79 Å². The Balaban J connectivity index is 2.78. The van der Waals surface area contributed by atoms with Gasteiger partial charge in [0, 0.05) is 8.59 Å². The third kappa shape index (κ3) is 3.20. The van der Waals surface area contributed by atoms with E-state index in [2.05, 4.69) is 33.8 Å². The van der Waals surface area contributed by atoms with E-state index >= 15 is 0 Å². The Bertz CT molecular complexity index is 398. The van der Waals surface area contributed by atoms with E-state index in [-0.39, 0.29) is 12.3 Å². The number of carbonyl (C=O) groups excluding carboxylic acids is 1. The van der Waals surface area contributed by atoms with Gasteiger partial charge in [0.15, 0.2) is 0 Å². The van der Waals surface area contributed by atoms with Gasteiger partial charge >= 0.3 is 0 Å². The molecule has 0 atom stereocenters. The summed E-state index contributed by atoms with van der Waals surface area (Å²) in [6, 6.07) is 5.24. The van der Waals surface area contributed by atoms with Crippen LogP contribution in [0.25, 0.3) is 0 Å². The monoisotopic (exact) mass is 319 g/mol. The van der Waals surface area contributed by atoms with Crippen LogP contribution in [0.2, 0.25) is 5.02 Å². The first kappa shape index (κ1) is 11.3. The SMILES string of the molecule is C#CCC(=O)Nc1ccc(Cl)cc1I. The van der Waals surface area contributed by atoms with Crippen LogP contribution in [0.4, 0.5) is 5.69 Å². The van der Waals surface area contributed by atoms with Crippen LogP contribution in [0, 0.1) is 15.9 Å². The third-order valence-corrected chi connectivity index (χ3v) is 2.60. The average molecular weight is 320 g/mol. The van der Waals surface area contributed by atoms with Crippen molar-refractivity contribution in [2.24, 2.45) is 0 Å². The Labute approximate surface area is 101 Å². The molecular weight excluding hydrogens is 312 g/mol. The maximum atomic E-state index is 11.2. The fraction of sp³-hybridized carbons (Fsp3) is 0.100. The Morgan fingerprint density at radius 3 is 2.93 bits per heavy atom. The molecule has 14 heavy (non-hydrogen) atoms. The van der Waals surface area contributed by atoms with Crippen LogP contribution in [0.3, 0.4) is 0 Å². The van der Waals surface area contributed by atoms with Gasteiger partial charge in [-0.2, -0.15) is 0 Å². The minimum Gasteiger partial charge on any atom is -0.324 e. The first-order valence-corrected chi connectivity index (χ1v) is 5.27. The summed E-state index contributed by atoms with van der Waals surface area (Å²) in [5.41, 5.74) is 0.732. The van der Waals surface area contributed by atoms with E-state index in [0.29, 0.717) is 5.02 Å². The molecule has 0 bridgehead atoms. The molecule has 1 amide bonds. The smallest absolute Gasteiger partial charge is 0.236 e. The van der Waals surface area contributed by atoms with Crippen molar-refractivity contribution in [3.63, 3.8) is 0 Å². The fourth-order valence-electron chi connectivity index (χ4n) is 0.878. The molecule has 1 aromatic carbocycles. The second-order valence-corrected chi connectivity index (χ2v) is 4.15. The molecule has 1 aromatic rings. The zero-order chi connectivity index (χ0) is 10.6. The summed E-state index contributed by atoms with van der Waals surface area (Å²) in [5.74, 6) is 2.09. The van der Waals surface area contributed by atoms with Gasteiger partial charge < -0.3 is 5.32 Å². The normalized spacial score (nSPS) is 9.21. The second-order valence-electron chi connectivity index (χ2n) is 2.55. The van der Waals surface area contributed by atoms with E-state index in [4.69, 9.17) is 18.0 Å². The van der Waals surface area contributed by atoms with Crippen molar-refractivity contribution in [3.8, 4) is 12.3 Å². The molecule has 0 spiro atoms. The standard InChI is InChI=1S/C10H7ClINO/c1-2-3-10(14)13-9-5-4-7(11)6-8(9)12/h1,4-6H,3H2,(H,13,14). The molecule has 0 fully saturated rings. The molecule has 0 aliphatic rings. The number of nitrogens with one attached hydrogen (secondary N) is 1. The molecule has 0 aliphatic heterocycles. The van der Waals surface area contributed by atoms with E-state index in [1.165, 1.54) is 0 Å². The molecule has 0 aromatic heterocycles. The molecule has 0 radical (unpaired) electrons. The van der Waals surface area contributed by atoms with Gasteiger partial charge in [0.05, 0.1) is 12.1 Å². The first-order chi connectivity index (χ1) is 6.63. The zero-order valence-corrected chi connectivity index (χ0v) is 10.1. The highest BCUT2D eigenvalue weighted by atomic mass is 127. The summed E-state index contributed by atoms with van der Waals surface area (Å²) in [5, 5.41) is 3.33. The number of carbonyl (C=O) groups is 1. The predicted molar refractivity (Wildman–Crippen MR) is 66.2 cm³/mol. The second kappa shape index (κ2) is 5.23. The average Bonchev–Trinajstić information content (AvgIpc) is 2.10. The van der Waals surface area contributed by atoms with Gasteiger partial charge in [-0.1, -0.05) is 17.5 Å². The fourth-order valence-corrected chi connectivity index (χ4v) is 1.88. The van der Waals surface area contributed by atoms with Crippen LogP contribution in [0.1, 0.15) is 6.42 Å². The zero-order valence-electron chi connectivity index (χ0n) is 7.18. The minimum absolute atomic E-state index is 0.0821. The summed E-state index contributed by atoms with van der Waals surface area (Å²) >= 11 is 7.86. The Morgan fingerprint density at radius 1 is 1.64 bits per heavy atom. The molecule has 1 N–H and O–H groups in total. The molecule has 0 unspecified atom stereocenters. The number of halogens is 2. The van der Waals surface area contributed by atoms with Crippen LogP contribution < -0.4 is 5.32 Å². The van der Waals surface area contributed by atoms with E-state index < -0.39 is 0 Å². The highest BCUT2D eigenvalue weighted by Gasteiger charge is 2.03. The van der Waals surface area contributed by atoms with Crippen molar-refractivity contribution in [3.05, 3.63) is 26.8 Å². The number of terminal acetylenes is 1. The molecule has 0 saturated carbocycles. The lowest BCUT2D eigenvalue weighted by atomic mass is 10.3. The summed E-state index contributed by atoms with van der Waals surface area (Å²) in [4.78, 5) is 11.2.